The maximum Gasteiger partial charge on any atom is 0.259 e. The molecule has 4 rings (SSSR count). The van der Waals surface area contributed by atoms with Crippen LogP contribution in [0.25, 0.3) is 10.9 Å². The third kappa shape index (κ3) is 3.56. The van der Waals surface area contributed by atoms with E-state index in [1.165, 1.54) is 6.07 Å². The van der Waals surface area contributed by atoms with Crippen molar-refractivity contribution in [3.05, 3.63) is 69.8 Å². The number of rotatable bonds is 4. The maximum atomic E-state index is 13.0. The van der Waals surface area contributed by atoms with Gasteiger partial charge in [-0.05, 0) is 37.3 Å². The van der Waals surface area contributed by atoms with Crippen molar-refractivity contribution in [3.63, 3.8) is 0 Å². The molecule has 1 aliphatic rings. The van der Waals surface area contributed by atoms with Gasteiger partial charge in [-0.25, -0.2) is 4.98 Å². The number of fused-ring (bicyclic) bond motifs is 1. The standard InChI is InChI=1S/C21H21N5O4/c1-11-2-5-13(6-3-11)26-8-9-30-17(21(26)29)16(27)19-24-15-7-4-12(18(22)23)10-14(15)20(28)25-19/h2-7,10,16-17,27H,8-9H2,1H3,(H3,22,23)(H,24,25,28)/t16-,17-/m0/s1. The number of aliphatic hydroxyl groups is 1. The van der Waals surface area contributed by atoms with Gasteiger partial charge in [-0.1, -0.05) is 17.7 Å². The summed E-state index contributed by atoms with van der Waals surface area (Å²) in [4.78, 5) is 33.8. The molecule has 2 aromatic carbocycles. The predicted octanol–water partition coefficient (Wildman–Crippen LogP) is 0.981. The minimum atomic E-state index is -1.45. The summed E-state index contributed by atoms with van der Waals surface area (Å²) in [7, 11) is 0. The van der Waals surface area contributed by atoms with Crippen LogP contribution in [0, 0.1) is 12.3 Å². The zero-order valence-electron chi connectivity index (χ0n) is 16.3. The molecule has 3 aromatic rings. The Morgan fingerprint density at radius 1 is 1.30 bits per heavy atom. The summed E-state index contributed by atoms with van der Waals surface area (Å²) in [5, 5.41) is 18.5. The molecule has 0 unspecified atom stereocenters. The Bertz CT molecular complexity index is 1190. The van der Waals surface area contributed by atoms with Gasteiger partial charge in [0.15, 0.2) is 6.10 Å². The van der Waals surface area contributed by atoms with Crippen LogP contribution in [0.15, 0.2) is 47.3 Å². The van der Waals surface area contributed by atoms with E-state index in [2.05, 4.69) is 9.97 Å². The number of hydrogen-bond donors (Lipinski definition) is 4. The second-order valence-electron chi connectivity index (χ2n) is 7.16. The fourth-order valence-corrected chi connectivity index (χ4v) is 3.42. The van der Waals surface area contributed by atoms with Crippen LogP contribution in [0.1, 0.15) is 23.1 Å². The number of benzene rings is 2. The third-order valence-electron chi connectivity index (χ3n) is 5.07. The quantitative estimate of drug-likeness (QED) is 0.375. The number of amidine groups is 1. The lowest BCUT2D eigenvalue weighted by Gasteiger charge is -2.34. The van der Waals surface area contributed by atoms with Crippen LogP contribution >= 0.6 is 0 Å². The van der Waals surface area contributed by atoms with Gasteiger partial charge in [0, 0.05) is 17.8 Å². The number of carbonyl (C=O) groups excluding carboxylic acids is 1. The first-order valence-electron chi connectivity index (χ1n) is 9.41. The SMILES string of the molecule is Cc1ccc(N2CCO[C@@H]([C@H](O)c3nc4ccc(C(=N)N)cc4c(=O)[nH]3)C2=O)cc1. The Morgan fingerprint density at radius 3 is 2.73 bits per heavy atom. The van der Waals surface area contributed by atoms with Crippen molar-refractivity contribution < 1.29 is 14.6 Å². The number of morpholine rings is 1. The molecule has 0 bridgehead atoms. The molecule has 1 fully saturated rings. The highest BCUT2D eigenvalue weighted by Gasteiger charge is 2.37. The van der Waals surface area contributed by atoms with Gasteiger partial charge in [0.2, 0.25) is 0 Å². The van der Waals surface area contributed by atoms with Crippen molar-refractivity contribution in [2.75, 3.05) is 18.1 Å². The van der Waals surface area contributed by atoms with Crippen LogP contribution < -0.4 is 16.2 Å². The largest absolute Gasteiger partial charge is 0.384 e. The second-order valence-corrected chi connectivity index (χ2v) is 7.16. The summed E-state index contributed by atoms with van der Waals surface area (Å²) in [6, 6.07) is 12.0. The number of aromatic amines is 1. The smallest absolute Gasteiger partial charge is 0.259 e. The topological polar surface area (TPSA) is 145 Å². The number of nitrogens with zero attached hydrogens (tertiary/aromatic N) is 2. The first kappa shape index (κ1) is 19.7. The van der Waals surface area contributed by atoms with Crippen LogP contribution in [-0.4, -0.2) is 46.1 Å². The van der Waals surface area contributed by atoms with Crippen LogP contribution in [-0.2, 0) is 9.53 Å². The normalized spacial score (nSPS) is 17.9. The fraction of sp³-hybridized carbons (Fsp3) is 0.238. The number of nitrogens with one attached hydrogen (secondary N) is 2. The molecule has 1 aliphatic heterocycles. The maximum absolute atomic E-state index is 13.0. The Hall–Kier alpha value is -3.56. The van der Waals surface area contributed by atoms with E-state index in [-0.39, 0.29) is 23.7 Å². The number of H-pyrrole nitrogens is 1. The van der Waals surface area contributed by atoms with E-state index in [1.807, 2.05) is 31.2 Å². The van der Waals surface area contributed by atoms with Gasteiger partial charge in [0.25, 0.3) is 11.5 Å². The highest BCUT2D eigenvalue weighted by atomic mass is 16.5. The molecule has 2 atom stereocenters. The van der Waals surface area contributed by atoms with E-state index in [9.17, 15) is 14.7 Å². The molecule has 0 radical (unpaired) electrons. The highest BCUT2D eigenvalue weighted by Crippen LogP contribution is 2.25. The van der Waals surface area contributed by atoms with E-state index < -0.39 is 23.7 Å². The number of nitrogen functional groups attached to an aromatic ring is 1. The molecule has 154 valence electrons. The average Bonchev–Trinajstić information content (AvgIpc) is 2.74. The van der Waals surface area contributed by atoms with Gasteiger partial charge in [-0.15, -0.1) is 0 Å². The molecule has 2 heterocycles. The summed E-state index contributed by atoms with van der Waals surface area (Å²) < 4.78 is 5.54. The molecule has 30 heavy (non-hydrogen) atoms. The van der Waals surface area contributed by atoms with Crippen molar-refractivity contribution in [1.82, 2.24) is 9.97 Å². The van der Waals surface area contributed by atoms with E-state index >= 15 is 0 Å². The van der Waals surface area contributed by atoms with Crippen LogP contribution in [0.5, 0.6) is 0 Å². The Morgan fingerprint density at radius 2 is 2.03 bits per heavy atom. The molecule has 0 aliphatic carbocycles. The molecule has 1 amide bonds. The van der Waals surface area contributed by atoms with E-state index in [0.717, 1.165) is 5.56 Å². The lowest BCUT2D eigenvalue weighted by Crippen LogP contribution is -2.50. The van der Waals surface area contributed by atoms with E-state index in [4.69, 9.17) is 15.9 Å². The highest BCUT2D eigenvalue weighted by molar-refractivity contribution is 5.99. The average molecular weight is 407 g/mol. The fourth-order valence-electron chi connectivity index (χ4n) is 3.42. The zero-order chi connectivity index (χ0) is 21.4. The van der Waals surface area contributed by atoms with Crippen molar-refractivity contribution >= 4 is 28.3 Å². The van der Waals surface area contributed by atoms with Gasteiger partial charge >= 0.3 is 0 Å². The summed E-state index contributed by atoms with van der Waals surface area (Å²) >= 11 is 0. The molecule has 9 nitrogen and oxygen atoms in total. The van der Waals surface area contributed by atoms with E-state index in [1.54, 1.807) is 17.0 Å². The van der Waals surface area contributed by atoms with Crippen LogP contribution in [0.3, 0.4) is 0 Å². The first-order valence-corrected chi connectivity index (χ1v) is 9.41. The molecule has 5 N–H and O–H groups in total. The van der Waals surface area contributed by atoms with Crippen LogP contribution in [0.2, 0.25) is 0 Å². The Kier molecular flexibility index (Phi) is 5.06. The van der Waals surface area contributed by atoms with Crippen molar-refractivity contribution in [3.8, 4) is 0 Å². The van der Waals surface area contributed by atoms with Crippen LogP contribution in [0.4, 0.5) is 5.69 Å². The minimum absolute atomic E-state index is 0.0628. The summed E-state index contributed by atoms with van der Waals surface area (Å²) in [6.07, 6.45) is -2.65. The van der Waals surface area contributed by atoms with Gasteiger partial charge in [-0.2, -0.15) is 0 Å². The number of aryl methyl sites for hydroxylation is 1. The summed E-state index contributed by atoms with van der Waals surface area (Å²) in [5.74, 6) is -0.641. The number of hydrogen-bond acceptors (Lipinski definition) is 6. The molecule has 1 saturated heterocycles. The summed E-state index contributed by atoms with van der Waals surface area (Å²) in [5.41, 5.74) is 7.45. The van der Waals surface area contributed by atoms with Gasteiger partial charge in [0.05, 0.1) is 17.5 Å². The number of aliphatic hydroxyl groups excluding tert-OH is 1. The van der Waals surface area contributed by atoms with Gasteiger partial charge in [-0.3, -0.25) is 15.0 Å². The number of ether oxygens (including phenoxy) is 1. The Balaban J connectivity index is 1.65. The third-order valence-corrected chi connectivity index (χ3v) is 5.07. The number of aromatic nitrogens is 2. The zero-order valence-corrected chi connectivity index (χ0v) is 16.3. The van der Waals surface area contributed by atoms with E-state index in [0.29, 0.717) is 23.3 Å². The molecule has 0 saturated carbocycles. The molecule has 9 heteroatoms. The van der Waals surface area contributed by atoms with Crippen molar-refractivity contribution in [2.45, 2.75) is 19.1 Å². The second kappa shape index (κ2) is 7.69. The Labute approximate surface area is 171 Å². The number of amides is 1. The predicted molar refractivity (Wildman–Crippen MR) is 112 cm³/mol. The number of nitrogens with two attached hydrogens (primary N) is 1. The molecule has 1 aromatic heterocycles. The first-order chi connectivity index (χ1) is 14.3. The monoisotopic (exact) mass is 407 g/mol. The number of anilines is 1. The minimum Gasteiger partial charge on any atom is -0.384 e. The van der Waals surface area contributed by atoms with Gasteiger partial charge in [0.1, 0.15) is 17.8 Å². The van der Waals surface area contributed by atoms with Gasteiger partial charge < -0.3 is 25.5 Å². The van der Waals surface area contributed by atoms with Crippen molar-refractivity contribution in [1.29, 1.82) is 5.41 Å². The lowest BCUT2D eigenvalue weighted by molar-refractivity contribution is -0.143. The lowest BCUT2D eigenvalue weighted by atomic mass is 10.1. The molecular weight excluding hydrogens is 386 g/mol. The number of carbonyl (C=O) groups is 1. The summed E-state index contributed by atoms with van der Waals surface area (Å²) in [6.45, 7) is 2.56. The van der Waals surface area contributed by atoms with Crippen molar-refractivity contribution in [2.24, 2.45) is 5.73 Å². The molecular formula is C21H21N5O4. The molecule has 0 spiro atoms.